The van der Waals surface area contributed by atoms with Crippen molar-refractivity contribution in [2.24, 2.45) is 11.3 Å². The number of rotatable bonds is 7. The van der Waals surface area contributed by atoms with Crippen LogP contribution in [0.1, 0.15) is 58.6 Å². The van der Waals surface area contributed by atoms with Gasteiger partial charge >= 0.3 is 0 Å². The highest BCUT2D eigenvalue weighted by Crippen LogP contribution is 2.37. The summed E-state index contributed by atoms with van der Waals surface area (Å²) in [6, 6.07) is 9.61. The highest BCUT2D eigenvalue weighted by molar-refractivity contribution is 5.84. The molecule has 0 aliphatic carbocycles. The number of phenols is 1. The maximum absolute atomic E-state index is 10.0. The standard InChI is InChI=1S/C21H29NO/c1-6-16(14-21(4,5)13-12-15(2)3)18-11-10-17-8-7-9-19(23)20(17)22-18/h6-11,15-16,23H,1,12-14H2,2-5H3. The molecule has 0 saturated carbocycles. The molecule has 0 amide bonds. The lowest BCUT2D eigenvalue weighted by molar-refractivity contribution is 0.270. The normalized spacial score (nSPS) is 13.4. The van der Waals surface area contributed by atoms with Gasteiger partial charge in [0.05, 0.1) is 0 Å². The lowest BCUT2D eigenvalue weighted by atomic mass is 9.77. The molecule has 0 saturated heterocycles. The first-order chi connectivity index (χ1) is 10.8. The molecule has 0 bridgehead atoms. The van der Waals surface area contributed by atoms with E-state index in [1.54, 1.807) is 6.07 Å². The third kappa shape index (κ3) is 4.57. The second-order valence-corrected chi connectivity index (χ2v) is 7.73. The summed E-state index contributed by atoms with van der Waals surface area (Å²) >= 11 is 0. The lowest BCUT2D eigenvalue weighted by Crippen LogP contribution is -2.17. The number of phenolic OH excluding ortho intramolecular Hbond substituents is 1. The number of pyridine rings is 1. The Morgan fingerprint density at radius 3 is 2.61 bits per heavy atom. The zero-order valence-electron chi connectivity index (χ0n) is 14.8. The molecule has 23 heavy (non-hydrogen) atoms. The molecule has 0 fully saturated rings. The second-order valence-electron chi connectivity index (χ2n) is 7.73. The average Bonchev–Trinajstić information content (AvgIpc) is 2.51. The summed E-state index contributed by atoms with van der Waals surface area (Å²) in [5.74, 6) is 1.18. The summed E-state index contributed by atoms with van der Waals surface area (Å²) in [6.45, 7) is 13.2. The minimum absolute atomic E-state index is 0.209. The number of benzene rings is 1. The van der Waals surface area contributed by atoms with Gasteiger partial charge in [0.15, 0.2) is 0 Å². The number of fused-ring (bicyclic) bond motifs is 1. The molecule has 1 N–H and O–H groups in total. The Morgan fingerprint density at radius 2 is 1.96 bits per heavy atom. The minimum atomic E-state index is 0.209. The average molecular weight is 311 g/mol. The van der Waals surface area contributed by atoms with Gasteiger partial charge < -0.3 is 5.11 Å². The number of nitrogens with zero attached hydrogens (tertiary/aromatic N) is 1. The van der Waals surface area contributed by atoms with Crippen LogP contribution in [0.25, 0.3) is 10.9 Å². The van der Waals surface area contributed by atoms with Crippen molar-refractivity contribution in [2.75, 3.05) is 0 Å². The van der Waals surface area contributed by atoms with Gasteiger partial charge in [0.2, 0.25) is 0 Å². The highest BCUT2D eigenvalue weighted by Gasteiger charge is 2.24. The number of aromatic nitrogens is 1. The molecule has 124 valence electrons. The molecule has 0 aliphatic heterocycles. The summed E-state index contributed by atoms with van der Waals surface area (Å²) in [6.07, 6.45) is 5.46. The maximum atomic E-state index is 10.0. The van der Waals surface area contributed by atoms with Gasteiger partial charge in [0.1, 0.15) is 11.3 Å². The quantitative estimate of drug-likeness (QED) is 0.630. The zero-order chi connectivity index (χ0) is 17.0. The largest absolute Gasteiger partial charge is 0.506 e. The second kappa shape index (κ2) is 7.16. The first-order valence-electron chi connectivity index (χ1n) is 8.53. The molecule has 1 atom stereocenters. The molecule has 0 spiro atoms. The summed E-state index contributed by atoms with van der Waals surface area (Å²) in [4.78, 5) is 4.70. The number of aromatic hydroxyl groups is 1. The summed E-state index contributed by atoms with van der Waals surface area (Å²) in [7, 11) is 0. The zero-order valence-corrected chi connectivity index (χ0v) is 14.8. The van der Waals surface area contributed by atoms with Crippen LogP contribution in [0.3, 0.4) is 0 Å². The van der Waals surface area contributed by atoms with Gasteiger partial charge in [-0.15, -0.1) is 6.58 Å². The van der Waals surface area contributed by atoms with Gasteiger partial charge in [0, 0.05) is 17.0 Å². The monoisotopic (exact) mass is 311 g/mol. The van der Waals surface area contributed by atoms with Crippen LogP contribution in [0.4, 0.5) is 0 Å². The lowest BCUT2D eigenvalue weighted by Gasteiger charge is -2.29. The predicted molar refractivity (Wildman–Crippen MR) is 98.8 cm³/mol. The Morgan fingerprint density at radius 1 is 1.22 bits per heavy atom. The number of hydrogen-bond acceptors (Lipinski definition) is 2. The van der Waals surface area contributed by atoms with E-state index in [9.17, 15) is 5.11 Å². The minimum Gasteiger partial charge on any atom is -0.506 e. The van der Waals surface area contributed by atoms with Gasteiger partial charge in [-0.25, -0.2) is 4.98 Å². The Balaban J connectivity index is 2.23. The van der Waals surface area contributed by atoms with Crippen LogP contribution in [-0.4, -0.2) is 10.1 Å². The van der Waals surface area contributed by atoms with Gasteiger partial charge in [-0.3, -0.25) is 0 Å². The maximum Gasteiger partial charge on any atom is 0.141 e. The van der Waals surface area contributed by atoms with Crippen LogP contribution in [-0.2, 0) is 0 Å². The molecule has 0 aliphatic rings. The molecule has 0 radical (unpaired) electrons. The van der Waals surface area contributed by atoms with E-state index in [0.29, 0.717) is 5.52 Å². The fourth-order valence-corrected chi connectivity index (χ4v) is 3.04. The topological polar surface area (TPSA) is 33.1 Å². The van der Waals surface area contributed by atoms with Crippen LogP contribution in [0.2, 0.25) is 0 Å². The molecule has 2 nitrogen and oxygen atoms in total. The molecule has 1 heterocycles. The molecular formula is C21H29NO. The first-order valence-corrected chi connectivity index (χ1v) is 8.53. The van der Waals surface area contributed by atoms with Gasteiger partial charge in [0.25, 0.3) is 0 Å². The van der Waals surface area contributed by atoms with E-state index in [1.165, 1.54) is 12.8 Å². The summed E-state index contributed by atoms with van der Waals surface area (Å²) in [5.41, 5.74) is 1.92. The number of hydrogen-bond donors (Lipinski definition) is 1. The number of allylic oxidation sites excluding steroid dienone is 1. The van der Waals surface area contributed by atoms with E-state index >= 15 is 0 Å². The molecule has 1 aromatic carbocycles. The fourth-order valence-electron chi connectivity index (χ4n) is 3.04. The molecule has 2 rings (SSSR count). The molecule has 1 unspecified atom stereocenters. The molecule has 2 heteroatoms. The van der Waals surface area contributed by atoms with Crippen LogP contribution in [0, 0.1) is 11.3 Å². The summed E-state index contributed by atoms with van der Waals surface area (Å²) < 4.78 is 0. The van der Waals surface area contributed by atoms with E-state index in [0.717, 1.165) is 23.4 Å². The van der Waals surface area contributed by atoms with E-state index in [2.05, 4.69) is 40.3 Å². The van der Waals surface area contributed by atoms with Crippen molar-refractivity contribution in [1.29, 1.82) is 0 Å². The van der Waals surface area contributed by atoms with Gasteiger partial charge in [-0.2, -0.15) is 0 Å². The van der Waals surface area contributed by atoms with Crippen molar-refractivity contribution in [3.8, 4) is 5.75 Å². The predicted octanol–water partition coefficient (Wildman–Crippen LogP) is 6.06. The van der Waals surface area contributed by atoms with Crippen LogP contribution in [0.5, 0.6) is 5.75 Å². The third-order valence-electron chi connectivity index (χ3n) is 4.56. The van der Waals surface area contributed by atoms with E-state index in [-0.39, 0.29) is 17.1 Å². The van der Waals surface area contributed by atoms with Gasteiger partial charge in [-0.1, -0.05) is 58.4 Å². The smallest absolute Gasteiger partial charge is 0.141 e. The highest BCUT2D eigenvalue weighted by atomic mass is 16.3. The van der Waals surface area contributed by atoms with Crippen molar-refractivity contribution in [3.63, 3.8) is 0 Å². The Kier molecular flexibility index (Phi) is 5.46. The molecule has 2 aromatic rings. The van der Waals surface area contributed by atoms with Crippen LogP contribution < -0.4 is 0 Å². The van der Waals surface area contributed by atoms with Crippen molar-refractivity contribution in [3.05, 3.63) is 48.7 Å². The van der Waals surface area contributed by atoms with Crippen molar-refractivity contribution < 1.29 is 5.11 Å². The van der Waals surface area contributed by atoms with Crippen molar-refractivity contribution in [2.45, 2.75) is 52.9 Å². The SMILES string of the molecule is C=CC(CC(C)(C)CCC(C)C)c1ccc2cccc(O)c2n1. The fraction of sp³-hybridized carbons (Fsp3) is 0.476. The molecule has 1 aromatic heterocycles. The van der Waals surface area contributed by atoms with Gasteiger partial charge in [-0.05, 0) is 36.3 Å². The van der Waals surface area contributed by atoms with Crippen LogP contribution >= 0.6 is 0 Å². The number of para-hydroxylation sites is 1. The molecular weight excluding hydrogens is 282 g/mol. The van der Waals surface area contributed by atoms with E-state index in [4.69, 9.17) is 4.98 Å². The summed E-state index contributed by atoms with van der Waals surface area (Å²) in [5, 5.41) is 11.0. The Bertz CT molecular complexity index is 673. The first kappa shape index (κ1) is 17.5. The van der Waals surface area contributed by atoms with E-state index < -0.39 is 0 Å². The van der Waals surface area contributed by atoms with Crippen molar-refractivity contribution >= 4 is 10.9 Å². The third-order valence-corrected chi connectivity index (χ3v) is 4.56. The van der Waals surface area contributed by atoms with Crippen LogP contribution in [0.15, 0.2) is 43.0 Å². The Labute approximate surface area is 140 Å². The van der Waals surface area contributed by atoms with E-state index in [1.807, 2.05) is 24.3 Å². The van der Waals surface area contributed by atoms with Crippen molar-refractivity contribution in [1.82, 2.24) is 4.98 Å². The Hall–Kier alpha value is -1.83.